The van der Waals surface area contributed by atoms with Crippen molar-refractivity contribution in [3.8, 4) is 0 Å². The van der Waals surface area contributed by atoms with Crippen molar-refractivity contribution in [3.05, 3.63) is 35.0 Å². The van der Waals surface area contributed by atoms with E-state index in [1.54, 1.807) is 19.1 Å². The topological polar surface area (TPSA) is 81.0 Å². The van der Waals surface area contributed by atoms with Crippen LogP contribution in [0.15, 0.2) is 16.7 Å². The second kappa shape index (κ2) is 5.48. The van der Waals surface area contributed by atoms with E-state index in [0.29, 0.717) is 17.1 Å². The lowest BCUT2D eigenvalue weighted by molar-refractivity contribution is 0.0457. The number of hydrogen-bond donors (Lipinski definition) is 1. The molecular weight excluding hydrogens is 234 g/mol. The molecule has 0 aliphatic heterocycles. The van der Waals surface area contributed by atoms with Crippen molar-refractivity contribution in [1.82, 2.24) is 15.4 Å². The molecule has 0 aromatic carbocycles. The van der Waals surface area contributed by atoms with E-state index in [9.17, 15) is 4.79 Å². The van der Waals surface area contributed by atoms with Crippen LogP contribution in [0.3, 0.4) is 0 Å². The zero-order chi connectivity index (χ0) is 13.0. The van der Waals surface area contributed by atoms with Crippen LogP contribution in [0.2, 0.25) is 0 Å². The molecule has 6 nitrogen and oxygen atoms in total. The Hall–Kier alpha value is -2.11. The highest BCUT2D eigenvalue weighted by Gasteiger charge is 2.12. The molecule has 0 fully saturated rings. The van der Waals surface area contributed by atoms with Crippen molar-refractivity contribution in [2.75, 3.05) is 0 Å². The van der Waals surface area contributed by atoms with Gasteiger partial charge in [0, 0.05) is 11.8 Å². The predicted molar refractivity (Wildman–Crippen MR) is 62.9 cm³/mol. The maximum atomic E-state index is 11.7. The molecule has 2 heterocycles. The second-order valence-electron chi connectivity index (χ2n) is 4.03. The Morgan fingerprint density at radius 3 is 3.00 bits per heavy atom. The first kappa shape index (κ1) is 12.3. The average Bonchev–Trinajstić information content (AvgIpc) is 2.96. The zero-order valence-corrected chi connectivity index (χ0v) is 10.4. The summed E-state index contributed by atoms with van der Waals surface area (Å²) >= 11 is 0. The summed E-state index contributed by atoms with van der Waals surface area (Å²) in [6.45, 7) is 3.93. The number of H-pyrrole nitrogens is 1. The van der Waals surface area contributed by atoms with E-state index in [0.717, 1.165) is 18.5 Å². The molecule has 96 valence electrons. The number of nitrogens with one attached hydrogen (secondary N) is 1. The van der Waals surface area contributed by atoms with E-state index < -0.39 is 5.97 Å². The summed E-state index contributed by atoms with van der Waals surface area (Å²) in [5, 5.41) is 10.4. The van der Waals surface area contributed by atoms with Gasteiger partial charge in [-0.15, -0.1) is 0 Å². The maximum Gasteiger partial charge on any atom is 0.359 e. The van der Waals surface area contributed by atoms with Crippen molar-refractivity contribution in [3.63, 3.8) is 0 Å². The number of hydrogen-bond acceptors (Lipinski definition) is 5. The van der Waals surface area contributed by atoms with Gasteiger partial charge < -0.3 is 9.26 Å². The fourth-order valence-electron chi connectivity index (χ4n) is 1.56. The van der Waals surface area contributed by atoms with E-state index in [2.05, 4.69) is 22.3 Å². The summed E-state index contributed by atoms with van der Waals surface area (Å²) in [6.07, 6.45) is 1.86. The van der Waals surface area contributed by atoms with Gasteiger partial charge in [0.1, 0.15) is 18.1 Å². The molecule has 0 bridgehead atoms. The number of aromatic amines is 1. The molecule has 2 rings (SSSR count). The molecule has 0 saturated carbocycles. The van der Waals surface area contributed by atoms with Gasteiger partial charge in [0.2, 0.25) is 0 Å². The Bertz CT molecular complexity index is 530. The van der Waals surface area contributed by atoms with Crippen molar-refractivity contribution in [1.29, 1.82) is 0 Å². The molecule has 0 aliphatic rings. The van der Waals surface area contributed by atoms with Crippen LogP contribution in [0, 0.1) is 6.92 Å². The maximum absolute atomic E-state index is 11.7. The predicted octanol–water partition coefficient (Wildman–Crippen LogP) is 2.02. The van der Waals surface area contributed by atoms with Gasteiger partial charge in [-0.3, -0.25) is 5.10 Å². The van der Waals surface area contributed by atoms with Gasteiger partial charge in [-0.05, 0) is 19.4 Å². The van der Waals surface area contributed by atoms with Gasteiger partial charge in [0.05, 0.1) is 0 Å². The van der Waals surface area contributed by atoms with Crippen LogP contribution in [-0.2, 0) is 17.8 Å². The van der Waals surface area contributed by atoms with Crippen molar-refractivity contribution < 1.29 is 14.1 Å². The number of nitrogens with zero attached hydrogens (tertiary/aromatic N) is 2. The molecule has 0 amide bonds. The van der Waals surface area contributed by atoms with Crippen LogP contribution in [0.1, 0.15) is 41.0 Å². The number of aromatic nitrogens is 3. The smallest absolute Gasteiger partial charge is 0.359 e. The third-order valence-corrected chi connectivity index (χ3v) is 2.39. The Kier molecular flexibility index (Phi) is 3.76. The van der Waals surface area contributed by atoms with Gasteiger partial charge in [0.25, 0.3) is 0 Å². The highest BCUT2D eigenvalue weighted by molar-refractivity contribution is 5.87. The van der Waals surface area contributed by atoms with E-state index in [-0.39, 0.29) is 6.61 Å². The number of carbonyl (C=O) groups is 1. The largest absolute Gasteiger partial charge is 0.454 e. The minimum atomic E-state index is -0.464. The van der Waals surface area contributed by atoms with E-state index in [1.165, 1.54) is 0 Å². The van der Waals surface area contributed by atoms with Gasteiger partial charge in [-0.1, -0.05) is 18.5 Å². The van der Waals surface area contributed by atoms with E-state index in [1.807, 2.05) is 0 Å². The van der Waals surface area contributed by atoms with E-state index >= 15 is 0 Å². The first-order chi connectivity index (χ1) is 8.69. The summed E-state index contributed by atoms with van der Waals surface area (Å²) in [5.41, 5.74) is 1.81. The van der Waals surface area contributed by atoms with E-state index in [4.69, 9.17) is 9.26 Å². The summed E-state index contributed by atoms with van der Waals surface area (Å²) in [5.74, 6) is 0.223. The second-order valence-corrected chi connectivity index (χ2v) is 4.03. The van der Waals surface area contributed by atoms with Crippen molar-refractivity contribution in [2.45, 2.75) is 33.3 Å². The monoisotopic (exact) mass is 249 g/mol. The summed E-state index contributed by atoms with van der Waals surface area (Å²) in [6, 6.07) is 3.43. The Balaban J connectivity index is 1.90. The van der Waals surface area contributed by atoms with Crippen LogP contribution < -0.4 is 0 Å². The minimum Gasteiger partial charge on any atom is -0.454 e. The quantitative estimate of drug-likeness (QED) is 0.820. The van der Waals surface area contributed by atoms with Crippen molar-refractivity contribution in [2.24, 2.45) is 0 Å². The molecule has 0 atom stereocenters. The number of carbonyl (C=O) groups excluding carboxylic acids is 1. The lowest BCUT2D eigenvalue weighted by atomic mass is 10.2. The molecule has 2 aromatic rings. The van der Waals surface area contributed by atoms with Gasteiger partial charge >= 0.3 is 5.97 Å². The molecule has 2 aromatic heterocycles. The molecular formula is C12H15N3O3. The first-order valence-corrected chi connectivity index (χ1v) is 5.82. The molecule has 18 heavy (non-hydrogen) atoms. The Morgan fingerprint density at radius 2 is 2.33 bits per heavy atom. The van der Waals surface area contributed by atoms with Gasteiger partial charge in [-0.2, -0.15) is 5.10 Å². The lowest BCUT2D eigenvalue weighted by Crippen LogP contribution is -2.05. The molecule has 0 spiro atoms. The number of aryl methyl sites for hydroxylation is 2. The molecule has 0 saturated heterocycles. The third-order valence-electron chi connectivity index (χ3n) is 2.39. The van der Waals surface area contributed by atoms with Crippen LogP contribution in [0.25, 0.3) is 0 Å². The fourth-order valence-corrected chi connectivity index (χ4v) is 1.56. The van der Waals surface area contributed by atoms with Crippen LogP contribution in [-0.4, -0.2) is 21.3 Å². The summed E-state index contributed by atoms with van der Waals surface area (Å²) in [4.78, 5) is 11.7. The molecule has 6 heteroatoms. The van der Waals surface area contributed by atoms with Crippen LogP contribution in [0.5, 0.6) is 0 Å². The average molecular weight is 249 g/mol. The van der Waals surface area contributed by atoms with Crippen LogP contribution in [0.4, 0.5) is 0 Å². The summed E-state index contributed by atoms with van der Waals surface area (Å²) < 4.78 is 9.95. The highest BCUT2D eigenvalue weighted by Crippen LogP contribution is 2.07. The molecule has 0 radical (unpaired) electrons. The first-order valence-electron chi connectivity index (χ1n) is 5.82. The third kappa shape index (κ3) is 2.97. The van der Waals surface area contributed by atoms with Crippen molar-refractivity contribution >= 4 is 5.97 Å². The highest BCUT2D eigenvalue weighted by atomic mass is 16.5. The number of ether oxygens (including phenoxy) is 1. The normalized spacial score (nSPS) is 10.6. The summed E-state index contributed by atoms with van der Waals surface area (Å²) in [7, 11) is 0. The standard InChI is InChI=1S/C12H15N3O3/c1-3-4-9-6-11(14-13-9)12(16)17-7-10-5-8(2)18-15-10/h5-6H,3-4,7H2,1-2H3,(H,13,14). The Morgan fingerprint density at radius 1 is 1.50 bits per heavy atom. The minimum absolute atomic E-state index is 0.0894. The SMILES string of the molecule is CCCc1cc(C(=O)OCc2cc(C)on2)n[nH]1. The molecule has 0 aliphatic carbocycles. The Labute approximate surface area is 104 Å². The number of esters is 1. The zero-order valence-electron chi connectivity index (χ0n) is 10.4. The molecule has 0 unspecified atom stereocenters. The van der Waals surface area contributed by atoms with Gasteiger partial charge in [0.15, 0.2) is 5.69 Å². The lowest BCUT2D eigenvalue weighted by Gasteiger charge is -1.98. The van der Waals surface area contributed by atoms with Crippen LogP contribution >= 0.6 is 0 Å². The van der Waals surface area contributed by atoms with Gasteiger partial charge in [-0.25, -0.2) is 4.79 Å². The fraction of sp³-hybridized carbons (Fsp3) is 0.417. The number of rotatable bonds is 5. The molecule has 1 N–H and O–H groups in total.